The molecular formula is C8H10N4O2. The molecule has 0 saturated carbocycles. The molecule has 0 aliphatic carbocycles. The molecule has 14 heavy (non-hydrogen) atoms. The van der Waals surface area contributed by atoms with Crippen molar-refractivity contribution in [3.63, 3.8) is 0 Å². The van der Waals surface area contributed by atoms with Gasteiger partial charge in [-0.2, -0.15) is 5.10 Å². The van der Waals surface area contributed by atoms with Crippen LogP contribution in [0.25, 0.3) is 0 Å². The van der Waals surface area contributed by atoms with E-state index in [2.05, 4.69) is 20.4 Å². The fourth-order valence-corrected chi connectivity index (χ4v) is 0.740. The topological polar surface area (TPSA) is 89.6 Å². The van der Waals surface area contributed by atoms with Gasteiger partial charge in [-0.25, -0.2) is 4.79 Å². The number of nitrogens with two attached hydrogens (primary N) is 1. The lowest BCUT2D eigenvalue weighted by Gasteiger charge is -2.01. The molecule has 1 rings (SSSR count). The molecule has 0 aliphatic rings. The van der Waals surface area contributed by atoms with Crippen molar-refractivity contribution in [3.05, 3.63) is 30.1 Å². The van der Waals surface area contributed by atoms with E-state index < -0.39 is 5.97 Å². The molecule has 0 atom stereocenters. The lowest BCUT2D eigenvalue weighted by Crippen LogP contribution is -2.22. The Hall–Kier alpha value is -1.95. The van der Waals surface area contributed by atoms with Gasteiger partial charge in [0.15, 0.2) is 0 Å². The Bertz CT molecular complexity index is 312. The number of rotatable bonds is 4. The summed E-state index contributed by atoms with van der Waals surface area (Å²) >= 11 is 0. The molecule has 0 unspecified atom stereocenters. The Morgan fingerprint density at radius 3 is 3.29 bits per heavy atom. The number of hydrazone groups is 1. The van der Waals surface area contributed by atoms with E-state index in [0.717, 1.165) is 0 Å². The Labute approximate surface area is 80.7 Å². The molecule has 1 heterocycles. The maximum atomic E-state index is 11.2. The number of hydrogen-bond donors (Lipinski definition) is 2. The Morgan fingerprint density at radius 2 is 2.64 bits per heavy atom. The molecule has 0 aromatic carbocycles. The van der Waals surface area contributed by atoms with E-state index in [1.807, 2.05) is 0 Å². The highest BCUT2D eigenvalue weighted by Gasteiger charge is 2.05. The quantitative estimate of drug-likeness (QED) is 0.297. The van der Waals surface area contributed by atoms with Crippen LogP contribution in [-0.4, -0.2) is 23.7 Å². The number of hydrogen-bond acceptors (Lipinski definition) is 6. The van der Waals surface area contributed by atoms with Crippen molar-refractivity contribution in [2.24, 2.45) is 10.9 Å². The molecule has 0 radical (unpaired) electrons. The average Bonchev–Trinajstić information content (AvgIpc) is 2.25. The summed E-state index contributed by atoms with van der Waals surface area (Å²) in [5, 5.41) is 3.21. The Balaban J connectivity index is 2.36. The molecule has 0 fully saturated rings. The first-order valence-corrected chi connectivity index (χ1v) is 3.90. The second-order valence-electron chi connectivity index (χ2n) is 2.31. The highest BCUT2D eigenvalue weighted by molar-refractivity contribution is 5.88. The first kappa shape index (κ1) is 10.1. The Kier molecular flexibility index (Phi) is 4.09. The molecule has 0 saturated heterocycles. The maximum Gasteiger partial charge on any atom is 0.358 e. The van der Waals surface area contributed by atoms with Crippen LogP contribution in [0.1, 0.15) is 10.4 Å². The maximum absolute atomic E-state index is 11.2. The molecule has 6 heteroatoms. The molecule has 6 nitrogen and oxygen atoms in total. The minimum atomic E-state index is -0.497. The van der Waals surface area contributed by atoms with Gasteiger partial charge in [0.25, 0.3) is 0 Å². The van der Waals surface area contributed by atoms with Crippen LogP contribution in [0, 0.1) is 0 Å². The smallest absolute Gasteiger partial charge is 0.358 e. The monoisotopic (exact) mass is 194 g/mol. The summed E-state index contributed by atoms with van der Waals surface area (Å²) in [5.74, 6) is 4.34. The largest absolute Gasteiger partial charge is 0.366 e. The highest BCUT2D eigenvalue weighted by Crippen LogP contribution is 1.96. The van der Waals surface area contributed by atoms with E-state index in [9.17, 15) is 4.79 Å². The molecule has 0 bridgehead atoms. The predicted molar refractivity (Wildman–Crippen MR) is 50.3 cm³/mol. The van der Waals surface area contributed by atoms with E-state index in [4.69, 9.17) is 5.84 Å². The number of nitrogens with zero attached hydrogens (tertiary/aromatic N) is 2. The summed E-state index contributed by atoms with van der Waals surface area (Å²) in [5.41, 5.74) is 2.76. The summed E-state index contributed by atoms with van der Waals surface area (Å²) in [6.07, 6.45) is 4.36. The van der Waals surface area contributed by atoms with Gasteiger partial charge in [0.05, 0.1) is 12.1 Å². The summed E-state index contributed by atoms with van der Waals surface area (Å²) in [6.45, 7) is 0.266. The second kappa shape index (κ2) is 5.65. The van der Waals surface area contributed by atoms with E-state index in [-0.39, 0.29) is 6.54 Å². The van der Waals surface area contributed by atoms with Gasteiger partial charge in [-0.3, -0.25) is 4.98 Å². The predicted octanol–water partition coefficient (Wildman–Crippen LogP) is -0.313. The Morgan fingerprint density at radius 1 is 1.79 bits per heavy atom. The molecule has 74 valence electrons. The van der Waals surface area contributed by atoms with Crippen LogP contribution in [0.3, 0.4) is 0 Å². The number of carbonyl (C=O) groups is 1. The molecule has 0 amide bonds. The highest BCUT2D eigenvalue weighted by atomic mass is 16.7. The molecule has 3 N–H and O–H groups in total. The zero-order valence-electron chi connectivity index (χ0n) is 7.38. The van der Waals surface area contributed by atoms with Gasteiger partial charge in [0.2, 0.25) is 0 Å². The van der Waals surface area contributed by atoms with Gasteiger partial charge in [0, 0.05) is 18.6 Å². The van der Waals surface area contributed by atoms with Crippen LogP contribution < -0.4 is 11.3 Å². The van der Waals surface area contributed by atoms with Crippen LogP contribution in [0.15, 0.2) is 29.6 Å². The van der Waals surface area contributed by atoms with E-state index >= 15 is 0 Å². The van der Waals surface area contributed by atoms with Gasteiger partial charge in [-0.1, -0.05) is 0 Å². The minimum Gasteiger partial charge on any atom is -0.366 e. The lowest BCUT2D eigenvalue weighted by atomic mass is 10.3. The summed E-state index contributed by atoms with van der Waals surface area (Å²) in [6, 6.07) is 3.26. The van der Waals surface area contributed by atoms with Crippen LogP contribution in [-0.2, 0) is 4.84 Å². The number of carbonyl (C=O) groups excluding carboxylic acids is 1. The number of aromatic nitrogens is 1. The molecule has 0 spiro atoms. The molecule has 1 aromatic heterocycles. The third-order valence-corrected chi connectivity index (χ3v) is 1.34. The van der Waals surface area contributed by atoms with E-state index in [1.165, 1.54) is 12.4 Å². The number of pyridine rings is 1. The van der Waals surface area contributed by atoms with Crippen molar-refractivity contribution in [2.45, 2.75) is 0 Å². The van der Waals surface area contributed by atoms with Gasteiger partial charge < -0.3 is 10.7 Å². The van der Waals surface area contributed by atoms with Crippen molar-refractivity contribution >= 4 is 12.2 Å². The molecule has 1 aromatic rings. The van der Waals surface area contributed by atoms with Crippen molar-refractivity contribution in [2.75, 3.05) is 6.54 Å². The van der Waals surface area contributed by atoms with Crippen molar-refractivity contribution in [1.29, 1.82) is 0 Å². The van der Waals surface area contributed by atoms with Gasteiger partial charge in [-0.05, 0) is 12.1 Å². The first-order chi connectivity index (χ1) is 6.84. The standard InChI is InChI=1S/C8H10N4O2/c9-11-4-5-12-14-8(13)7-2-1-3-10-6-7/h1-4,6,12H,5,9H2/b11-4+. The SMILES string of the molecule is N/N=C/CNOC(=O)c1cccnc1. The van der Waals surface area contributed by atoms with Crippen molar-refractivity contribution < 1.29 is 9.63 Å². The molecule has 0 aliphatic heterocycles. The summed E-state index contributed by atoms with van der Waals surface area (Å²) in [7, 11) is 0. The average molecular weight is 194 g/mol. The van der Waals surface area contributed by atoms with Crippen LogP contribution in [0.4, 0.5) is 0 Å². The van der Waals surface area contributed by atoms with E-state index in [1.54, 1.807) is 18.3 Å². The zero-order chi connectivity index (χ0) is 10.2. The van der Waals surface area contributed by atoms with Gasteiger partial charge in [0.1, 0.15) is 0 Å². The van der Waals surface area contributed by atoms with Gasteiger partial charge in [-0.15, -0.1) is 5.48 Å². The van der Waals surface area contributed by atoms with E-state index in [0.29, 0.717) is 5.56 Å². The van der Waals surface area contributed by atoms with Crippen LogP contribution in [0.2, 0.25) is 0 Å². The van der Waals surface area contributed by atoms with Crippen LogP contribution >= 0.6 is 0 Å². The second-order valence-corrected chi connectivity index (χ2v) is 2.31. The number of hydroxylamine groups is 1. The summed E-state index contributed by atoms with van der Waals surface area (Å²) in [4.78, 5) is 19.6. The number of nitrogens with one attached hydrogen (secondary N) is 1. The van der Waals surface area contributed by atoms with Crippen LogP contribution in [0.5, 0.6) is 0 Å². The normalized spacial score (nSPS) is 10.3. The van der Waals surface area contributed by atoms with Gasteiger partial charge >= 0.3 is 5.97 Å². The fourth-order valence-electron chi connectivity index (χ4n) is 0.740. The van der Waals surface area contributed by atoms with Crippen molar-refractivity contribution in [3.8, 4) is 0 Å². The minimum absolute atomic E-state index is 0.266. The first-order valence-electron chi connectivity index (χ1n) is 3.90. The third-order valence-electron chi connectivity index (χ3n) is 1.34. The zero-order valence-corrected chi connectivity index (χ0v) is 7.38. The fraction of sp³-hybridized carbons (Fsp3) is 0.125. The molecular weight excluding hydrogens is 184 g/mol. The third kappa shape index (κ3) is 3.20. The summed E-state index contributed by atoms with van der Waals surface area (Å²) < 4.78 is 0. The lowest BCUT2D eigenvalue weighted by molar-refractivity contribution is 0.0289. The van der Waals surface area contributed by atoms with Crippen molar-refractivity contribution in [1.82, 2.24) is 10.5 Å².